The summed E-state index contributed by atoms with van der Waals surface area (Å²) in [4.78, 5) is 24.6. The number of ether oxygens (including phenoxy) is 1. The van der Waals surface area contributed by atoms with Crippen LogP contribution in [0.5, 0.6) is 0 Å². The molecule has 3 nitrogen and oxygen atoms in total. The van der Waals surface area contributed by atoms with Gasteiger partial charge in [-0.25, -0.2) is 0 Å². The summed E-state index contributed by atoms with van der Waals surface area (Å²) in [6, 6.07) is 0. The van der Waals surface area contributed by atoms with E-state index in [1.807, 2.05) is 0 Å². The molecule has 6 atom stereocenters. The molecule has 0 aromatic rings. The normalized spacial score (nSPS) is 41.6. The predicted molar refractivity (Wildman–Crippen MR) is 116 cm³/mol. The first-order valence-electron chi connectivity index (χ1n) is 11.9. The van der Waals surface area contributed by atoms with E-state index >= 15 is 0 Å². The molecular weight excluding hydrogens is 384 g/mol. The monoisotopic (exact) mass is 420 g/mol. The standard InChI is InChI=1S/C25H37ClO3/c1-4-5-6-7-22(28)29-21-11-10-17-16-8-9-19-23(26)20(27)13-15-24(19,2)18(16)12-14-25(17,21)3/h16-18,21H,4-15H2,1-3H3/t16-,17-,18-,21-,24+,25-/m0/s1. The average molecular weight is 421 g/mol. The zero-order chi connectivity index (χ0) is 20.8. The van der Waals surface area contributed by atoms with Gasteiger partial charge in [-0.1, -0.05) is 45.2 Å². The van der Waals surface area contributed by atoms with E-state index in [1.54, 1.807) is 0 Å². The first-order chi connectivity index (χ1) is 13.8. The van der Waals surface area contributed by atoms with Crippen molar-refractivity contribution in [3.63, 3.8) is 0 Å². The fourth-order valence-electron chi connectivity index (χ4n) is 7.53. The van der Waals surface area contributed by atoms with E-state index in [9.17, 15) is 9.59 Å². The van der Waals surface area contributed by atoms with Crippen molar-refractivity contribution in [1.82, 2.24) is 0 Å². The molecule has 0 amide bonds. The molecule has 4 heteroatoms. The van der Waals surface area contributed by atoms with Crippen molar-refractivity contribution in [1.29, 1.82) is 0 Å². The van der Waals surface area contributed by atoms with E-state index in [0.29, 0.717) is 35.6 Å². The quantitative estimate of drug-likeness (QED) is 0.372. The summed E-state index contributed by atoms with van der Waals surface area (Å²) in [5.74, 6) is 2.07. The Balaban J connectivity index is 1.50. The van der Waals surface area contributed by atoms with Gasteiger partial charge in [0.25, 0.3) is 0 Å². The fraction of sp³-hybridized carbons (Fsp3) is 0.840. The van der Waals surface area contributed by atoms with Gasteiger partial charge < -0.3 is 4.74 Å². The van der Waals surface area contributed by atoms with Gasteiger partial charge in [0.15, 0.2) is 5.78 Å². The Morgan fingerprint density at radius 2 is 1.86 bits per heavy atom. The van der Waals surface area contributed by atoms with Crippen molar-refractivity contribution < 1.29 is 14.3 Å². The second-order valence-corrected chi connectivity index (χ2v) is 11.0. The molecule has 0 aromatic heterocycles. The number of allylic oxidation sites excluding steroid dienone is 1. The molecule has 0 N–H and O–H groups in total. The summed E-state index contributed by atoms with van der Waals surface area (Å²) in [7, 11) is 0. The number of hydrogen-bond acceptors (Lipinski definition) is 3. The van der Waals surface area contributed by atoms with Crippen LogP contribution in [0.25, 0.3) is 0 Å². The van der Waals surface area contributed by atoms with Gasteiger partial charge in [0, 0.05) is 18.3 Å². The second-order valence-electron chi connectivity index (χ2n) is 10.6. The van der Waals surface area contributed by atoms with Gasteiger partial charge in [-0.2, -0.15) is 0 Å². The third-order valence-corrected chi connectivity index (χ3v) is 9.66. The lowest BCUT2D eigenvalue weighted by molar-refractivity contribution is -0.160. The molecule has 29 heavy (non-hydrogen) atoms. The highest BCUT2D eigenvalue weighted by molar-refractivity contribution is 6.43. The van der Waals surface area contributed by atoms with Crippen LogP contribution in [0, 0.1) is 28.6 Å². The molecule has 0 spiro atoms. The van der Waals surface area contributed by atoms with Crippen molar-refractivity contribution in [3.8, 4) is 0 Å². The van der Waals surface area contributed by atoms with Crippen LogP contribution < -0.4 is 0 Å². The van der Waals surface area contributed by atoms with Crippen LogP contribution in [0.2, 0.25) is 0 Å². The van der Waals surface area contributed by atoms with Crippen LogP contribution >= 0.6 is 11.6 Å². The molecule has 3 saturated carbocycles. The third-order valence-electron chi connectivity index (χ3n) is 9.22. The zero-order valence-electron chi connectivity index (χ0n) is 18.4. The molecule has 162 valence electrons. The fourth-order valence-corrected chi connectivity index (χ4v) is 7.94. The smallest absolute Gasteiger partial charge is 0.306 e. The topological polar surface area (TPSA) is 43.4 Å². The van der Waals surface area contributed by atoms with Crippen molar-refractivity contribution in [2.24, 2.45) is 28.6 Å². The summed E-state index contributed by atoms with van der Waals surface area (Å²) in [6.07, 6.45) is 12.0. The minimum Gasteiger partial charge on any atom is -0.462 e. The molecule has 0 aliphatic heterocycles. The molecule has 0 saturated heterocycles. The number of hydrogen-bond donors (Lipinski definition) is 0. The van der Waals surface area contributed by atoms with E-state index in [4.69, 9.17) is 16.3 Å². The molecule has 0 heterocycles. The number of carbonyl (C=O) groups is 2. The lowest BCUT2D eigenvalue weighted by Gasteiger charge is -2.58. The van der Waals surface area contributed by atoms with Crippen LogP contribution in [-0.2, 0) is 14.3 Å². The lowest BCUT2D eigenvalue weighted by Crippen LogP contribution is -2.52. The number of halogens is 1. The van der Waals surface area contributed by atoms with Crippen molar-refractivity contribution >= 4 is 23.4 Å². The summed E-state index contributed by atoms with van der Waals surface area (Å²) in [5.41, 5.74) is 1.45. The van der Waals surface area contributed by atoms with E-state index in [1.165, 1.54) is 18.4 Å². The van der Waals surface area contributed by atoms with Crippen LogP contribution in [0.1, 0.15) is 97.8 Å². The summed E-state index contributed by atoms with van der Waals surface area (Å²) in [5, 5.41) is 0.552. The van der Waals surface area contributed by atoms with Gasteiger partial charge in [0.1, 0.15) is 6.10 Å². The van der Waals surface area contributed by atoms with Crippen molar-refractivity contribution in [2.75, 3.05) is 0 Å². The molecule has 4 aliphatic rings. The predicted octanol–water partition coefficient (Wildman–Crippen LogP) is 6.58. The number of esters is 1. The van der Waals surface area contributed by atoms with Gasteiger partial charge in [-0.15, -0.1) is 0 Å². The van der Waals surface area contributed by atoms with Gasteiger partial charge in [0.2, 0.25) is 0 Å². The first kappa shape index (κ1) is 21.4. The Kier molecular flexibility index (Phi) is 5.92. The molecule has 0 aromatic carbocycles. The number of carbonyl (C=O) groups excluding carboxylic acids is 2. The maximum atomic E-state index is 12.4. The van der Waals surface area contributed by atoms with Crippen LogP contribution in [0.3, 0.4) is 0 Å². The Bertz CT molecular complexity index is 713. The number of Topliss-reactive ketones (excluding diaryl/α,β-unsaturated/α-hetero) is 1. The third kappa shape index (κ3) is 3.50. The first-order valence-corrected chi connectivity index (χ1v) is 12.3. The molecule has 4 rings (SSSR count). The van der Waals surface area contributed by atoms with Gasteiger partial charge >= 0.3 is 5.97 Å². The number of ketones is 1. The molecule has 0 bridgehead atoms. The largest absolute Gasteiger partial charge is 0.462 e. The molecule has 4 aliphatic carbocycles. The molecule has 0 unspecified atom stereocenters. The van der Waals surface area contributed by atoms with E-state index in [0.717, 1.165) is 51.4 Å². The number of rotatable bonds is 5. The number of unbranched alkanes of at least 4 members (excludes halogenated alkanes) is 2. The van der Waals surface area contributed by atoms with E-state index < -0.39 is 0 Å². The number of fused-ring (bicyclic) bond motifs is 5. The van der Waals surface area contributed by atoms with Gasteiger partial charge in [0.05, 0.1) is 5.03 Å². The minimum atomic E-state index is 0.00542. The zero-order valence-corrected chi connectivity index (χ0v) is 19.2. The molecule has 0 radical (unpaired) electrons. The maximum Gasteiger partial charge on any atom is 0.306 e. The highest BCUT2D eigenvalue weighted by atomic mass is 35.5. The highest BCUT2D eigenvalue weighted by Crippen LogP contribution is 2.66. The summed E-state index contributed by atoms with van der Waals surface area (Å²) >= 11 is 6.51. The SMILES string of the molecule is CCCCCC(=O)O[C@H]1CC[C@H]2[C@@H]3CCC4=C(Cl)C(=O)CC[C@]4(C)[C@H]3CC[C@]12C. The van der Waals surface area contributed by atoms with Crippen molar-refractivity contribution in [2.45, 2.75) is 104 Å². The average Bonchev–Trinajstić information content (AvgIpc) is 3.02. The Hall–Kier alpha value is -0.830. The van der Waals surface area contributed by atoms with Gasteiger partial charge in [-0.05, 0) is 80.1 Å². The summed E-state index contributed by atoms with van der Waals surface area (Å²) in [6.45, 7) is 6.92. The van der Waals surface area contributed by atoms with E-state index in [-0.39, 0.29) is 28.7 Å². The second kappa shape index (κ2) is 8.02. The van der Waals surface area contributed by atoms with E-state index in [2.05, 4.69) is 20.8 Å². The summed E-state index contributed by atoms with van der Waals surface area (Å²) < 4.78 is 6.06. The Labute approximate surface area is 181 Å². The van der Waals surface area contributed by atoms with Crippen LogP contribution in [0.4, 0.5) is 0 Å². The Morgan fingerprint density at radius 1 is 1.07 bits per heavy atom. The van der Waals surface area contributed by atoms with Crippen molar-refractivity contribution in [3.05, 3.63) is 10.6 Å². The highest BCUT2D eigenvalue weighted by Gasteiger charge is 2.60. The molecule has 3 fully saturated rings. The van der Waals surface area contributed by atoms with Gasteiger partial charge in [-0.3, -0.25) is 9.59 Å². The molecular formula is C25H37ClO3. The lowest BCUT2D eigenvalue weighted by atomic mass is 9.47. The maximum absolute atomic E-state index is 12.4. The van der Waals surface area contributed by atoms with Crippen LogP contribution in [0.15, 0.2) is 10.6 Å². The van der Waals surface area contributed by atoms with Crippen LogP contribution in [-0.4, -0.2) is 17.9 Å². The minimum absolute atomic E-state index is 0.00542. The Morgan fingerprint density at radius 3 is 2.62 bits per heavy atom.